The van der Waals surface area contributed by atoms with Crippen molar-refractivity contribution in [3.63, 3.8) is 0 Å². The quantitative estimate of drug-likeness (QED) is 0.157. The van der Waals surface area contributed by atoms with Crippen LogP contribution in [0.4, 0.5) is 0 Å². The van der Waals surface area contributed by atoms with Crippen LogP contribution < -0.4 is 17.2 Å². The minimum atomic E-state index is -0.959. The van der Waals surface area contributed by atoms with E-state index in [1.165, 1.54) is 44.9 Å². The lowest BCUT2D eigenvalue weighted by Gasteiger charge is -2.04. The van der Waals surface area contributed by atoms with Gasteiger partial charge in [0.05, 0.1) is 0 Å². The van der Waals surface area contributed by atoms with Gasteiger partial charge in [0.25, 0.3) is 0 Å². The summed E-state index contributed by atoms with van der Waals surface area (Å²) < 4.78 is 0. The first-order chi connectivity index (χ1) is 17.1. The molecule has 0 aliphatic rings. The van der Waals surface area contributed by atoms with Gasteiger partial charge in [-0.15, -0.1) is 0 Å². The second kappa shape index (κ2) is 25.6. The van der Waals surface area contributed by atoms with E-state index in [2.05, 4.69) is 6.92 Å². The van der Waals surface area contributed by atoms with Crippen LogP contribution in [0, 0.1) is 0 Å². The lowest BCUT2D eigenvalue weighted by atomic mass is 10.1. The number of carboxylic acids is 3. The molecule has 9 N–H and O–H groups in total. The van der Waals surface area contributed by atoms with Gasteiger partial charge in [0.15, 0.2) is 0 Å². The summed E-state index contributed by atoms with van der Waals surface area (Å²) in [5, 5.41) is 25.3. The van der Waals surface area contributed by atoms with Gasteiger partial charge >= 0.3 is 17.9 Å². The number of carboxylic acid groups (broad SMARTS) is 3. The van der Waals surface area contributed by atoms with Crippen molar-refractivity contribution in [2.45, 2.75) is 109 Å². The molecule has 9 nitrogen and oxygen atoms in total. The third-order valence-corrected chi connectivity index (χ3v) is 5.40. The molecule has 0 saturated heterocycles. The van der Waals surface area contributed by atoms with Gasteiger partial charge < -0.3 is 32.5 Å². The topological polar surface area (TPSA) is 190 Å². The van der Waals surface area contributed by atoms with Crippen LogP contribution in [0.1, 0.15) is 96.0 Å². The summed E-state index contributed by atoms with van der Waals surface area (Å²) in [7, 11) is 0. The average molecular weight is 512 g/mol. The maximum absolute atomic E-state index is 10.4. The molecule has 36 heavy (non-hydrogen) atoms. The minimum absolute atomic E-state index is 0.343. The molecule has 0 aliphatic heterocycles. The van der Waals surface area contributed by atoms with E-state index >= 15 is 0 Å². The third-order valence-electron chi connectivity index (χ3n) is 5.40. The Morgan fingerprint density at radius 1 is 0.722 bits per heavy atom. The highest BCUT2D eigenvalue weighted by Gasteiger charge is 2.11. The van der Waals surface area contributed by atoms with Gasteiger partial charge in [0.2, 0.25) is 0 Å². The maximum atomic E-state index is 10.4. The van der Waals surface area contributed by atoms with Gasteiger partial charge in [-0.05, 0) is 37.8 Å². The molecule has 0 spiro atoms. The van der Waals surface area contributed by atoms with Crippen LogP contribution in [0.25, 0.3) is 0 Å². The summed E-state index contributed by atoms with van der Waals surface area (Å²) >= 11 is 0. The minimum Gasteiger partial charge on any atom is -0.481 e. The van der Waals surface area contributed by atoms with Crippen molar-refractivity contribution in [1.29, 1.82) is 0 Å². The van der Waals surface area contributed by atoms with Crippen LogP contribution in [0.15, 0.2) is 30.3 Å². The van der Waals surface area contributed by atoms with Crippen LogP contribution in [0.2, 0.25) is 0 Å². The summed E-state index contributed by atoms with van der Waals surface area (Å²) in [6.07, 6.45) is 14.0. The number of benzene rings is 1. The van der Waals surface area contributed by atoms with Crippen LogP contribution in [0.3, 0.4) is 0 Å². The predicted molar refractivity (Wildman–Crippen MR) is 144 cm³/mol. The molecule has 1 rings (SSSR count). The molecule has 1 aromatic rings. The number of hydrogen-bond acceptors (Lipinski definition) is 6. The number of rotatable bonds is 18. The van der Waals surface area contributed by atoms with Crippen LogP contribution >= 0.6 is 0 Å². The number of unbranched alkanes of at least 4 members (excludes halogenated alkanes) is 9. The van der Waals surface area contributed by atoms with E-state index in [0.29, 0.717) is 25.8 Å². The molecule has 0 bridgehead atoms. The molecule has 2 atom stereocenters. The highest BCUT2D eigenvalue weighted by molar-refractivity contribution is 5.73. The molecule has 0 fully saturated rings. The third kappa shape index (κ3) is 26.1. The molecule has 0 saturated carbocycles. The van der Waals surface area contributed by atoms with Crippen molar-refractivity contribution in [3.8, 4) is 0 Å². The smallest absolute Gasteiger partial charge is 0.320 e. The Hall–Kier alpha value is -2.49. The number of hydrogen-bond donors (Lipinski definition) is 6. The fourth-order valence-corrected chi connectivity index (χ4v) is 3.17. The Bertz CT molecular complexity index is 673. The average Bonchev–Trinajstić information content (AvgIpc) is 2.84. The van der Waals surface area contributed by atoms with Gasteiger partial charge in [-0.2, -0.15) is 0 Å². The summed E-state index contributed by atoms with van der Waals surface area (Å²) in [5.41, 5.74) is 16.7. The summed E-state index contributed by atoms with van der Waals surface area (Å²) in [6, 6.07) is 7.83. The molecule has 1 aromatic carbocycles. The normalized spacial score (nSPS) is 11.8. The standard InChI is InChI=1S/C12H24O2.C9H11NO2.C6H14N2O2/c1-2-3-4-5-6-7-8-9-10-11-12(13)14;10-8(9(11)12)6-7-4-2-1-3-5-7;7-4-2-1-3-5(8)6(9)10/h2-11H2,1H3,(H,13,14);1-5,8H,6,10H2,(H,11,12);5H,1-4,7-8H2,(H,9,10)/t;8-;5-/m.00/s1. The maximum Gasteiger partial charge on any atom is 0.320 e. The van der Waals surface area contributed by atoms with Crippen LogP contribution in [-0.4, -0.2) is 51.9 Å². The fraction of sp³-hybridized carbons (Fsp3) is 0.667. The Morgan fingerprint density at radius 2 is 1.22 bits per heavy atom. The van der Waals surface area contributed by atoms with Crippen molar-refractivity contribution in [2.24, 2.45) is 17.2 Å². The van der Waals surface area contributed by atoms with Gasteiger partial charge in [0, 0.05) is 6.42 Å². The van der Waals surface area contributed by atoms with Gasteiger partial charge in [-0.25, -0.2) is 0 Å². The molecule has 0 aromatic heterocycles. The van der Waals surface area contributed by atoms with Crippen molar-refractivity contribution in [2.75, 3.05) is 6.54 Å². The molecule has 208 valence electrons. The molecule has 9 heteroatoms. The largest absolute Gasteiger partial charge is 0.481 e. The zero-order valence-corrected chi connectivity index (χ0v) is 21.9. The van der Waals surface area contributed by atoms with Crippen molar-refractivity contribution >= 4 is 17.9 Å². The molecule has 0 amide bonds. The van der Waals surface area contributed by atoms with Gasteiger partial charge in [-0.1, -0.05) is 95.0 Å². The Balaban J connectivity index is 0. The number of nitrogens with two attached hydrogens (primary N) is 3. The van der Waals surface area contributed by atoms with Gasteiger partial charge in [-0.3, -0.25) is 14.4 Å². The monoisotopic (exact) mass is 511 g/mol. The van der Waals surface area contributed by atoms with Gasteiger partial charge in [0.1, 0.15) is 12.1 Å². The van der Waals surface area contributed by atoms with Crippen LogP contribution in [0.5, 0.6) is 0 Å². The van der Waals surface area contributed by atoms with E-state index in [4.69, 9.17) is 32.5 Å². The lowest BCUT2D eigenvalue weighted by molar-refractivity contribution is -0.139. The van der Waals surface area contributed by atoms with Crippen molar-refractivity contribution in [1.82, 2.24) is 0 Å². The lowest BCUT2D eigenvalue weighted by Crippen LogP contribution is -2.32. The Labute approximate surface area is 216 Å². The first-order valence-electron chi connectivity index (χ1n) is 13.1. The van der Waals surface area contributed by atoms with E-state index in [1.54, 1.807) is 0 Å². The molecular weight excluding hydrogens is 462 g/mol. The second-order valence-electron chi connectivity index (χ2n) is 8.84. The van der Waals surface area contributed by atoms with E-state index in [9.17, 15) is 14.4 Å². The zero-order valence-electron chi connectivity index (χ0n) is 21.9. The van der Waals surface area contributed by atoms with Crippen molar-refractivity contribution < 1.29 is 29.7 Å². The summed E-state index contributed by atoms with van der Waals surface area (Å²) in [4.78, 5) is 30.7. The zero-order chi connectivity index (χ0) is 27.6. The summed E-state index contributed by atoms with van der Waals surface area (Å²) in [6.45, 7) is 2.83. The fourth-order valence-electron chi connectivity index (χ4n) is 3.17. The number of aliphatic carboxylic acids is 3. The Kier molecular flexibility index (Phi) is 25.4. The van der Waals surface area contributed by atoms with E-state index in [1.807, 2.05) is 30.3 Å². The van der Waals surface area contributed by atoms with E-state index in [-0.39, 0.29) is 0 Å². The second-order valence-corrected chi connectivity index (χ2v) is 8.84. The van der Waals surface area contributed by atoms with Crippen LogP contribution in [-0.2, 0) is 20.8 Å². The molecule has 0 radical (unpaired) electrons. The van der Waals surface area contributed by atoms with Crippen molar-refractivity contribution in [3.05, 3.63) is 35.9 Å². The highest BCUT2D eigenvalue weighted by Crippen LogP contribution is 2.10. The van der Waals surface area contributed by atoms with E-state index in [0.717, 1.165) is 31.2 Å². The first-order valence-corrected chi connectivity index (χ1v) is 13.1. The predicted octanol–water partition coefficient (Wildman–Crippen LogP) is 4.16. The van der Waals surface area contributed by atoms with E-state index < -0.39 is 30.0 Å². The SMILES string of the molecule is CCCCCCCCCCCC(=O)O.NCCCC[C@H](N)C(=O)O.N[C@@H](Cc1ccccc1)C(=O)O. The highest BCUT2D eigenvalue weighted by atomic mass is 16.4. The number of carbonyl (C=O) groups is 3. The molecule has 0 heterocycles. The summed E-state index contributed by atoms with van der Waals surface area (Å²) in [5.74, 6) is -2.55. The molecular formula is C27H49N3O6. The molecule has 0 unspecified atom stereocenters. The molecule has 0 aliphatic carbocycles. The first kappa shape index (κ1) is 35.7. The Morgan fingerprint density at radius 3 is 1.67 bits per heavy atom.